The predicted octanol–water partition coefficient (Wildman–Crippen LogP) is 0.420. The molecule has 1 aromatic heterocycles. The molecule has 0 radical (unpaired) electrons. The molecule has 0 amide bonds. The van der Waals surface area contributed by atoms with Crippen LogP contribution in [0, 0.1) is 0 Å². The summed E-state index contributed by atoms with van der Waals surface area (Å²) in [5.41, 5.74) is 1.69. The molecular weight excluding hydrogens is 128 g/mol. The first-order valence-corrected chi connectivity index (χ1v) is 3.08. The van der Waals surface area contributed by atoms with Crippen LogP contribution < -0.4 is 5.56 Å². The van der Waals surface area contributed by atoms with Crippen molar-refractivity contribution < 1.29 is 1.43 Å². The Bertz CT molecular complexity index is 343. The van der Waals surface area contributed by atoms with E-state index in [2.05, 4.69) is 9.98 Å². The van der Waals surface area contributed by atoms with E-state index in [9.17, 15) is 4.79 Å². The summed E-state index contributed by atoms with van der Waals surface area (Å²) in [4.78, 5) is 17.5. The van der Waals surface area contributed by atoms with Crippen molar-refractivity contribution in [1.29, 1.82) is 0 Å². The van der Waals surface area contributed by atoms with Crippen molar-refractivity contribution in [3.63, 3.8) is 0 Å². The summed E-state index contributed by atoms with van der Waals surface area (Å²) in [6, 6.07) is 1.88. The largest absolute Gasteiger partial charge is 1.00 e. The Balaban J connectivity index is 0.000000605. The molecule has 0 aliphatic carbocycles. The number of pyridine rings is 1. The molecule has 0 fully saturated rings. The van der Waals surface area contributed by atoms with E-state index < -0.39 is 0 Å². The predicted molar refractivity (Wildman–Crippen MR) is 39.5 cm³/mol. The number of fused-ring (bicyclic) bond motifs is 1. The molecule has 50 valence electrons. The highest BCUT2D eigenvalue weighted by Crippen LogP contribution is 2.07. The van der Waals surface area contributed by atoms with Crippen LogP contribution in [-0.4, -0.2) is 11.2 Å². The monoisotopic (exact) mass is 135 g/mol. The van der Waals surface area contributed by atoms with Crippen molar-refractivity contribution in [3.8, 4) is 0 Å². The molecule has 2 rings (SSSR count). The zero-order valence-corrected chi connectivity index (χ0v) is 5.29. The Morgan fingerprint density at radius 1 is 1.70 bits per heavy atom. The van der Waals surface area contributed by atoms with Gasteiger partial charge in [-0.1, -0.05) is 0 Å². The smallest absolute Gasteiger partial charge is 0.329 e. The van der Waals surface area contributed by atoms with E-state index in [0.29, 0.717) is 12.1 Å². The summed E-state index contributed by atoms with van der Waals surface area (Å²) in [5, 5.41) is 0. The number of aliphatic imine (C=N–C) groups is 1. The first-order chi connectivity index (χ1) is 4.88. The zero-order valence-electron chi connectivity index (χ0n) is 6.29. The van der Waals surface area contributed by atoms with Gasteiger partial charge in [0.2, 0.25) is 0 Å². The van der Waals surface area contributed by atoms with Gasteiger partial charge in [-0.2, -0.15) is 0 Å². The molecular formula is C7H7N2O+. The minimum atomic E-state index is -0.0428. The third-order valence-electron chi connectivity index (χ3n) is 1.57. The number of rotatable bonds is 0. The summed E-state index contributed by atoms with van der Waals surface area (Å²) in [6.07, 6.45) is 3.27. The molecule has 0 saturated carbocycles. The van der Waals surface area contributed by atoms with Crippen LogP contribution in [0.5, 0.6) is 0 Å². The SMILES string of the molecule is O=c1[nH]ccc2c1C=NC2.[H+]. The molecule has 10 heavy (non-hydrogen) atoms. The molecule has 0 aromatic carbocycles. The first-order valence-electron chi connectivity index (χ1n) is 3.08. The highest BCUT2D eigenvalue weighted by Gasteiger charge is 2.07. The van der Waals surface area contributed by atoms with Gasteiger partial charge < -0.3 is 4.98 Å². The van der Waals surface area contributed by atoms with E-state index in [4.69, 9.17) is 0 Å². The zero-order chi connectivity index (χ0) is 6.97. The number of nitrogens with one attached hydrogen (secondary N) is 1. The number of H-pyrrole nitrogens is 1. The van der Waals surface area contributed by atoms with Crippen molar-refractivity contribution in [1.82, 2.24) is 4.98 Å². The Hall–Kier alpha value is -1.38. The van der Waals surface area contributed by atoms with Crippen LogP contribution in [0.4, 0.5) is 0 Å². The lowest BCUT2D eigenvalue weighted by Gasteiger charge is -1.91. The minimum absolute atomic E-state index is 0. The van der Waals surface area contributed by atoms with Gasteiger partial charge in [0, 0.05) is 12.4 Å². The molecule has 0 unspecified atom stereocenters. The molecule has 1 aliphatic rings. The summed E-state index contributed by atoms with van der Waals surface area (Å²) in [5.74, 6) is 0. The van der Waals surface area contributed by atoms with Gasteiger partial charge in [-0.25, -0.2) is 0 Å². The van der Waals surface area contributed by atoms with Gasteiger partial charge in [-0.15, -0.1) is 0 Å². The molecule has 0 saturated heterocycles. The molecule has 3 heteroatoms. The van der Waals surface area contributed by atoms with Crippen molar-refractivity contribution >= 4 is 6.21 Å². The van der Waals surface area contributed by atoms with Gasteiger partial charge in [0.05, 0.1) is 12.1 Å². The number of hydrogen-bond donors (Lipinski definition) is 1. The molecule has 0 spiro atoms. The van der Waals surface area contributed by atoms with E-state index in [-0.39, 0.29) is 6.99 Å². The van der Waals surface area contributed by atoms with Gasteiger partial charge in [0.25, 0.3) is 5.56 Å². The van der Waals surface area contributed by atoms with Crippen LogP contribution >= 0.6 is 0 Å². The topological polar surface area (TPSA) is 45.2 Å². The highest BCUT2D eigenvalue weighted by molar-refractivity contribution is 5.83. The summed E-state index contributed by atoms with van der Waals surface area (Å²) >= 11 is 0. The maximum absolute atomic E-state index is 11.0. The van der Waals surface area contributed by atoms with Gasteiger partial charge in [-0.05, 0) is 11.6 Å². The fourth-order valence-electron chi connectivity index (χ4n) is 1.05. The normalized spacial score (nSPS) is 13.6. The average Bonchev–Trinajstić information content (AvgIpc) is 2.36. The van der Waals surface area contributed by atoms with Crippen molar-refractivity contribution in [3.05, 3.63) is 33.7 Å². The lowest BCUT2D eigenvalue weighted by molar-refractivity contribution is 1.09. The standard InChI is InChI=1S/C7H6N2O/c10-7-6-4-8-3-5(6)1-2-9-7/h1-2,4H,3H2,(H,9,10)/p+1. The first kappa shape index (κ1) is 5.41. The quantitative estimate of drug-likeness (QED) is 0.550. The molecule has 1 N–H and O–H groups in total. The molecule has 1 aromatic rings. The summed E-state index contributed by atoms with van der Waals surface area (Å²) in [7, 11) is 0. The van der Waals surface area contributed by atoms with Crippen LogP contribution in [-0.2, 0) is 6.54 Å². The molecule has 0 bridgehead atoms. The van der Waals surface area contributed by atoms with Gasteiger partial charge in [-0.3, -0.25) is 9.79 Å². The maximum Gasteiger partial charge on any atom is 1.00 e. The third-order valence-corrected chi connectivity index (χ3v) is 1.57. The van der Waals surface area contributed by atoms with Crippen LogP contribution in [0.2, 0.25) is 0 Å². The van der Waals surface area contributed by atoms with E-state index in [1.807, 2.05) is 6.07 Å². The fraction of sp³-hybridized carbons (Fsp3) is 0.143. The van der Waals surface area contributed by atoms with E-state index >= 15 is 0 Å². The third kappa shape index (κ3) is 0.603. The van der Waals surface area contributed by atoms with E-state index in [1.54, 1.807) is 12.4 Å². The van der Waals surface area contributed by atoms with Crippen molar-refractivity contribution in [2.24, 2.45) is 4.99 Å². The van der Waals surface area contributed by atoms with Crippen molar-refractivity contribution in [2.75, 3.05) is 0 Å². The van der Waals surface area contributed by atoms with E-state index in [1.165, 1.54) is 0 Å². The van der Waals surface area contributed by atoms with Gasteiger partial charge in [0.15, 0.2) is 0 Å². The molecule has 0 atom stereocenters. The Morgan fingerprint density at radius 2 is 2.60 bits per heavy atom. The van der Waals surface area contributed by atoms with Crippen LogP contribution in [0.1, 0.15) is 12.6 Å². The average molecular weight is 135 g/mol. The maximum atomic E-state index is 11.0. The minimum Gasteiger partial charge on any atom is -0.329 e. The summed E-state index contributed by atoms with van der Waals surface area (Å²) < 4.78 is 0. The van der Waals surface area contributed by atoms with Crippen LogP contribution in [0.15, 0.2) is 22.1 Å². The van der Waals surface area contributed by atoms with Crippen molar-refractivity contribution in [2.45, 2.75) is 6.54 Å². The van der Waals surface area contributed by atoms with Crippen LogP contribution in [0.25, 0.3) is 0 Å². The van der Waals surface area contributed by atoms with Crippen LogP contribution in [0.3, 0.4) is 0 Å². The fourth-order valence-corrected chi connectivity index (χ4v) is 1.05. The second kappa shape index (κ2) is 1.80. The molecule has 2 heterocycles. The Morgan fingerprint density at radius 3 is 3.40 bits per heavy atom. The Kier molecular flexibility index (Phi) is 0.974. The molecule has 1 aliphatic heterocycles. The number of aromatic amines is 1. The highest BCUT2D eigenvalue weighted by atomic mass is 16.1. The number of hydrogen-bond acceptors (Lipinski definition) is 2. The lowest BCUT2D eigenvalue weighted by atomic mass is 10.2. The van der Waals surface area contributed by atoms with E-state index in [0.717, 1.165) is 5.56 Å². The second-order valence-electron chi connectivity index (χ2n) is 2.22. The Labute approximate surface area is 58.9 Å². The number of aromatic nitrogens is 1. The number of nitrogens with zero attached hydrogens (tertiary/aromatic N) is 1. The van der Waals surface area contributed by atoms with Gasteiger partial charge in [0.1, 0.15) is 0 Å². The van der Waals surface area contributed by atoms with Gasteiger partial charge >= 0.3 is 1.43 Å². The molecule has 3 nitrogen and oxygen atoms in total. The summed E-state index contributed by atoms with van der Waals surface area (Å²) in [6.45, 7) is 0.652. The second-order valence-corrected chi connectivity index (χ2v) is 2.22. The lowest BCUT2D eigenvalue weighted by Crippen LogP contribution is -2.10.